The predicted molar refractivity (Wildman–Crippen MR) is 67.4 cm³/mol. The van der Waals surface area contributed by atoms with E-state index in [-0.39, 0.29) is 17.3 Å². The van der Waals surface area contributed by atoms with Crippen LogP contribution < -0.4 is 5.32 Å². The molecule has 0 aliphatic carbocycles. The highest BCUT2D eigenvalue weighted by molar-refractivity contribution is 7.89. The Morgan fingerprint density at radius 2 is 2.06 bits per heavy atom. The maximum absolute atomic E-state index is 12.9. The summed E-state index contributed by atoms with van der Waals surface area (Å²) in [5, 5.41) is 2.85. The van der Waals surface area contributed by atoms with Gasteiger partial charge in [0.05, 0.1) is 4.90 Å². The molecule has 0 aliphatic heterocycles. The van der Waals surface area contributed by atoms with Crippen LogP contribution in [0.3, 0.4) is 0 Å². The minimum Gasteiger partial charge on any atom is -0.318 e. The van der Waals surface area contributed by atoms with Gasteiger partial charge in [-0.3, -0.25) is 0 Å². The number of likely N-dealkylation sites (N-methyl/N-ethyl adjacent to an activating group) is 2. The van der Waals surface area contributed by atoms with Crippen LogP contribution in [0.1, 0.15) is 0 Å². The number of hydrogen-bond donors (Lipinski definition) is 1. The molecule has 1 rings (SSSR count). The average Bonchev–Trinajstić information content (AvgIpc) is 2.25. The zero-order valence-corrected chi connectivity index (χ0v) is 11.3. The van der Waals surface area contributed by atoms with Crippen molar-refractivity contribution >= 4 is 22.4 Å². The Labute approximate surface area is 107 Å². The van der Waals surface area contributed by atoms with Gasteiger partial charge >= 0.3 is 0 Å². The maximum Gasteiger partial charge on any atom is 0.242 e. The lowest BCUT2D eigenvalue weighted by atomic mass is 10.4. The topological polar surface area (TPSA) is 49.4 Å². The van der Waals surface area contributed by atoms with Crippen molar-refractivity contribution in [2.24, 2.45) is 0 Å². The summed E-state index contributed by atoms with van der Waals surface area (Å²) in [4.78, 5) is -0.0221. The van der Waals surface area contributed by atoms with E-state index in [9.17, 15) is 12.8 Å². The molecule has 17 heavy (non-hydrogen) atoms. The molecule has 0 saturated carbocycles. The van der Waals surface area contributed by atoms with Gasteiger partial charge in [-0.15, -0.1) is 12.4 Å². The Hall–Kier alpha value is -0.690. The number of nitrogens with zero attached hydrogens (tertiary/aromatic N) is 1. The number of sulfonamides is 1. The molecule has 0 amide bonds. The third-order valence-electron chi connectivity index (χ3n) is 2.18. The Bertz CT molecular complexity index is 453. The van der Waals surface area contributed by atoms with Crippen LogP contribution in [-0.4, -0.2) is 39.9 Å². The summed E-state index contributed by atoms with van der Waals surface area (Å²) in [6.07, 6.45) is 0. The number of benzene rings is 1. The molecule has 1 aromatic rings. The van der Waals surface area contributed by atoms with E-state index in [1.807, 2.05) is 0 Å². The second kappa shape index (κ2) is 6.90. The van der Waals surface area contributed by atoms with Gasteiger partial charge in [0.15, 0.2) is 0 Å². The second-order valence-corrected chi connectivity index (χ2v) is 5.43. The van der Waals surface area contributed by atoms with Crippen molar-refractivity contribution in [1.82, 2.24) is 9.62 Å². The molecule has 0 spiro atoms. The number of nitrogens with one attached hydrogen (secondary N) is 1. The summed E-state index contributed by atoms with van der Waals surface area (Å²) in [5.41, 5.74) is 0. The van der Waals surface area contributed by atoms with Crippen LogP contribution in [-0.2, 0) is 10.0 Å². The van der Waals surface area contributed by atoms with Crippen LogP contribution in [0.25, 0.3) is 0 Å². The third-order valence-corrected chi connectivity index (χ3v) is 4.03. The van der Waals surface area contributed by atoms with Gasteiger partial charge in [-0.25, -0.2) is 12.8 Å². The van der Waals surface area contributed by atoms with E-state index < -0.39 is 15.8 Å². The van der Waals surface area contributed by atoms with Crippen molar-refractivity contribution in [2.45, 2.75) is 4.90 Å². The van der Waals surface area contributed by atoms with E-state index in [0.717, 1.165) is 6.07 Å². The van der Waals surface area contributed by atoms with Crippen molar-refractivity contribution < 1.29 is 12.8 Å². The van der Waals surface area contributed by atoms with Gasteiger partial charge in [-0.1, -0.05) is 6.07 Å². The Morgan fingerprint density at radius 3 is 2.59 bits per heavy atom. The van der Waals surface area contributed by atoms with Gasteiger partial charge in [0, 0.05) is 20.1 Å². The molecule has 0 unspecified atom stereocenters. The molecule has 1 N–H and O–H groups in total. The fourth-order valence-corrected chi connectivity index (χ4v) is 2.40. The number of halogens is 2. The average molecular weight is 283 g/mol. The Balaban J connectivity index is 0.00000256. The van der Waals surface area contributed by atoms with Crippen molar-refractivity contribution in [3.63, 3.8) is 0 Å². The molecule has 0 saturated heterocycles. The molecule has 0 atom stereocenters. The number of rotatable bonds is 5. The van der Waals surface area contributed by atoms with Crippen molar-refractivity contribution in [3.05, 3.63) is 30.1 Å². The largest absolute Gasteiger partial charge is 0.318 e. The molecule has 0 radical (unpaired) electrons. The van der Waals surface area contributed by atoms with Gasteiger partial charge in [-0.2, -0.15) is 4.31 Å². The monoisotopic (exact) mass is 282 g/mol. The summed E-state index contributed by atoms with van der Waals surface area (Å²) >= 11 is 0. The lowest BCUT2D eigenvalue weighted by Gasteiger charge is -2.16. The zero-order valence-electron chi connectivity index (χ0n) is 9.68. The van der Waals surface area contributed by atoms with Crippen molar-refractivity contribution in [2.75, 3.05) is 27.2 Å². The lowest BCUT2D eigenvalue weighted by molar-refractivity contribution is 0.465. The standard InChI is InChI=1S/C10H15FN2O2S.ClH/c1-12-6-7-13(2)16(14,15)10-5-3-4-9(11)8-10;/h3-5,8,12H,6-7H2,1-2H3;1H. The van der Waals surface area contributed by atoms with E-state index in [0.29, 0.717) is 13.1 Å². The third kappa shape index (κ3) is 4.23. The highest BCUT2D eigenvalue weighted by Crippen LogP contribution is 2.14. The molecule has 98 valence electrons. The molecular formula is C10H16ClFN2O2S. The summed E-state index contributed by atoms with van der Waals surface area (Å²) in [6.45, 7) is 0.889. The van der Waals surface area contributed by atoms with E-state index in [4.69, 9.17) is 0 Å². The normalized spacial score (nSPS) is 11.3. The van der Waals surface area contributed by atoms with E-state index in [2.05, 4.69) is 5.32 Å². The van der Waals surface area contributed by atoms with Crippen LogP contribution in [0.5, 0.6) is 0 Å². The van der Waals surface area contributed by atoms with Gasteiger partial charge < -0.3 is 5.32 Å². The molecule has 0 heterocycles. The quantitative estimate of drug-likeness (QED) is 0.879. The second-order valence-electron chi connectivity index (χ2n) is 3.39. The fraction of sp³-hybridized carbons (Fsp3) is 0.400. The lowest BCUT2D eigenvalue weighted by Crippen LogP contribution is -2.32. The predicted octanol–water partition coefficient (Wildman–Crippen LogP) is 1.09. The molecule has 0 bridgehead atoms. The van der Waals surface area contributed by atoms with Gasteiger partial charge in [0.25, 0.3) is 0 Å². The Morgan fingerprint density at radius 1 is 1.41 bits per heavy atom. The first kappa shape index (κ1) is 16.3. The van der Waals surface area contributed by atoms with Gasteiger partial charge in [0.1, 0.15) is 5.82 Å². The van der Waals surface area contributed by atoms with E-state index in [1.165, 1.54) is 29.6 Å². The highest BCUT2D eigenvalue weighted by atomic mass is 35.5. The molecule has 4 nitrogen and oxygen atoms in total. The smallest absolute Gasteiger partial charge is 0.242 e. The van der Waals surface area contributed by atoms with Crippen molar-refractivity contribution in [3.8, 4) is 0 Å². The first-order valence-corrected chi connectivity index (χ1v) is 6.29. The van der Waals surface area contributed by atoms with E-state index >= 15 is 0 Å². The van der Waals surface area contributed by atoms with Crippen LogP contribution in [0.2, 0.25) is 0 Å². The van der Waals surface area contributed by atoms with Crippen LogP contribution in [0.15, 0.2) is 29.2 Å². The van der Waals surface area contributed by atoms with Crippen LogP contribution >= 0.6 is 12.4 Å². The summed E-state index contributed by atoms with van der Waals surface area (Å²) in [5.74, 6) is -0.553. The summed E-state index contributed by atoms with van der Waals surface area (Å²) < 4.78 is 38.0. The minimum atomic E-state index is -3.58. The molecule has 1 aromatic carbocycles. The van der Waals surface area contributed by atoms with E-state index in [1.54, 1.807) is 7.05 Å². The summed E-state index contributed by atoms with van der Waals surface area (Å²) in [7, 11) is -0.372. The van der Waals surface area contributed by atoms with Gasteiger partial charge in [0.2, 0.25) is 10.0 Å². The molecular weight excluding hydrogens is 267 g/mol. The molecule has 0 aromatic heterocycles. The molecule has 0 aliphatic rings. The fourth-order valence-electron chi connectivity index (χ4n) is 1.20. The van der Waals surface area contributed by atoms with Crippen LogP contribution in [0.4, 0.5) is 4.39 Å². The first-order chi connectivity index (χ1) is 7.48. The molecule has 0 fully saturated rings. The minimum absolute atomic E-state index is 0. The first-order valence-electron chi connectivity index (χ1n) is 4.85. The maximum atomic E-state index is 12.9. The number of hydrogen-bond acceptors (Lipinski definition) is 3. The molecule has 7 heteroatoms. The zero-order chi connectivity index (χ0) is 12.2. The highest BCUT2D eigenvalue weighted by Gasteiger charge is 2.20. The van der Waals surface area contributed by atoms with Crippen molar-refractivity contribution in [1.29, 1.82) is 0 Å². The summed E-state index contributed by atoms with van der Waals surface area (Å²) in [6, 6.07) is 5.00. The SMILES string of the molecule is CNCCN(C)S(=O)(=O)c1cccc(F)c1.Cl. The van der Waals surface area contributed by atoms with Crippen LogP contribution in [0, 0.1) is 5.82 Å². The Kier molecular flexibility index (Phi) is 6.62. The van der Waals surface area contributed by atoms with Gasteiger partial charge in [-0.05, 0) is 25.2 Å².